The Morgan fingerprint density at radius 1 is 0.743 bits per heavy atom. The fourth-order valence-corrected chi connectivity index (χ4v) is 4.27. The molecule has 0 saturated carbocycles. The minimum absolute atomic E-state index is 0.0657. The zero-order valence-electron chi connectivity index (χ0n) is 20.3. The maximum atomic E-state index is 13.2. The Morgan fingerprint density at radius 2 is 1.17 bits per heavy atom. The number of ether oxygens (including phenoxy) is 3. The topological polar surface area (TPSA) is 88.6 Å². The van der Waals surface area contributed by atoms with Crippen LogP contribution in [-0.2, 0) is 27.4 Å². The number of piperidine rings is 1. The SMILES string of the molecule is CC(C)(C)OC(=O)N1C[C@H]2C[C@@H](C1)N(C(=O)OCc1ccccc1)N2C(=O)OCc1ccccc1. The Morgan fingerprint density at radius 3 is 1.57 bits per heavy atom. The summed E-state index contributed by atoms with van der Waals surface area (Å²) in [5, 5.41) is 2.59. The molecule has 0 radical (unpaired) electrons. The molecule has 0 aromatic heterocycles. The number of benzene rings is 2. The molecule has 2 saturated heterocycles. The van der Waals surface area contributed by atoms with E-state index in [-0.39, 0.29) is 26.3 Å². The summed E-state index contributed by atoms with van der Waals surface area (Å²) in [6, 6.07) is 17.7. The van der Waals surface area contributed by atoms with E-state index in [2.05, 4.69) is 0 Å². The highest BCUT2D eigenvalue weighted by Crippen LogP contribution is 2.33. The number of amides is 3. The second kappa shape index (κ2) is 10.2. The van der Waals surface area contributed by atoms with Crippen LogP contribution in [0.3, 0.4) is 0 Å². The molecular formula is C26H31N3O6. The van der Waals surface area contributed by atoms with Crippen LogP contribution in [0.5, 0.6) is 0 Å². The van der Waals surface area contributed by atoms with Gasteiger partial charge in [-0.05, 0) is 38.3 Å². The average Bonchev–Trinajstić information content (AvgIpc) is 3.10. The van der Waals surface area contributed by atoms with Gasteiger partial charge in [-0.1, -0.05) is 60.7 Å². The summed E-state index contributed by atoms with van der Waals surface area (Å²) in [6.45, 7) is 5.98. The molecule has 2 fully saturated rings. The van der Waals surface area contributed by atoms with E-state index in [0.29, 0.717) is 6.42 Å². The molecule has 0 N–H and O–H groups in total. The Labute approximate surface area is 205 Å². The molecule has 2 aromatic rings. The van der Waals surface area contributed by atoms with Gasteiger partial charge >= 0.3 is 18.3 Å². The monoisotopic (exact) mass is 481 g/mol. The molecule has 2 atom stereocenters. The van der Waals surface area contributed by atoms with Crippen molar-refractivity contribution in [3.05, 3.63) is 71.8 Å². The van der Waals surface area contributed by atoms with E-state index in [1.807, 2.05) is 60.7 Å². The molecule has 2 aliphatic rings. The molecule has 0 spiro atoms. The third-order valence-electron chi connectivity index (χ3n) is 5.77. The molecule has 3 amide bonds. The molecule has 9 nitrogen and oxygen atoms in total. The van der Waals surface area contributed by atoms with Crippen LogP contribution in [0.15, 0.2) is 60.7 Å². The molecule has 4 rings (SSSR count). The van der Waals surface area contributed by atoms with Crippen molar-refractivity contribution in [3.8, 4) is 0 Å². The van der Waals surface area contributed by atoms with E-state index >= 15 is 0 Å². The molecule has 0 aliphatic carbocycles. The molecule has 186 valence electrons. The third kappa shape index (κ3) is 6.03. The normalized spacial score (nSPS) is 19.3. The molecule has 35 heavy (non-hydrogen) atoms. The van der Waals surface area contributed by atoms with Crippen molar-refractivity contribution in [2.75, 3.05) is 13.1 Å². The lowest BCUT2D eigenvalue weighted by atomic mass is 10.0. The number of hydrogen-bond donors (Lipinski definition) is 0. The molecule has 2 bridgehead atoms. The van der Waals surface area contributed by atoms with Gasteiger partial charge in [-0.2, -0.15) is 0 Å². The maximum absolute atomic E-state index is 13.2. The van der Waals surface area contributed by atoms with E-state index in [0.717, 1.165) is 11.1 Å². The van der Waals surface area contributed by atoms with Gasteiger partial charge in [-0.15, -0.1) is 0 Å². The van der Waals surface area contributed by atoms with Gasteiger partial charge in [-0.25, -0.2) is 24.4 Å². The third-order valence-corrected chi connectivity index (χ3v) is 5.77. The second-order valence-electron chi connectivity index (χ2n) is 9.70. The van der Waals surface area contributed by atoms with Crippen LogP contribution in [-0.4, -0.2) is 64.0 Å². The zero-order chi connectivity index (χ0) is 25.0. The molecule has 0 unspecified atom stereocenters. The van der Waals surface area contributed by atoms with E-state index < -0.39 is 36.0 Å². The van der Waals surface area contributed by atoms with Crippen molar-refractivity contribution in [3.63, 3.8) is 0 Å². The van der Waals surface area contributed by atoms with Crippen molar-refractivity contribution in [1.29, 1.82) is 0 Å². The van der Waals surface area contributed by atoms with E-state index in [4.69, 9.17) is 14.2 Å². The van der Waals surface area contributed by atoms with Gasteiger partial charge in [0.2, 0.25) is 0 Å². The van der Waals surface area contributed by atoms with Gasteiger partial charge in [0.15, 0.2) is 0 Å². The lowest BCUT2D eigenvalue weighted by Crippen LogP contribution is -2.50. The largest absolute Gasteiger partial charge is 0.444 e. The Bertz CT molecular complexity index is 971. The van der Waals surface area contributed by atoms with E-state index in [1.165, 1.54) is 14.9 Å². The van der Waals surface area contributed by atoms with Crippen molar-refractivity contribution in [2.24, 2.45) is 0 Å². The van der Waals surface area contributed by atoms with Crippen molar-refractivity contribution in [1.82, 2.24) is 14.9 Å². The number of nitrogens with zero attached hydrogens (tertiary/aromatic N) is 3. The van der Waals surface area contributed by atoms with Crippen LogP contribution >= 0.6 is 0 Å². The fourth-order valence-electron chi connectivity index (χ4n) is 4.27. The van der Waals surface area contributed by atoms with Gasteiger partial charge in [0.05, 0.1) is 12.1 Å². The van der Waals surface area contributed by atoms with Gasteiger partial charge in [0.25, 0.3) is 0 Å². The van der Waals surface area contributed by atoms with E-state index in [1.54, 1.807) is 20.8 Å². The summed E-state index contributed by atoms with van der Waals surface area (Å²) < 4.78 is 16.6. The standard InChI is InChI=1S/C26H31N3O6/c1-26(2,3)35-23(30)27-15-21-14-22(16-27)29(25(32)34-18-20-12-8-5-9-13-20)28(21)24(31)33-17-19-10-6-4-7-11-19/h4-13,21-22H,14-18H2,1-3H3/t21-,22+. The fraction of sp³-hybridized carbons (Fsp3) is 0.423. The van der Waals surface area contributed by atoms with Gasteiger partial charge in [0, 0.05) is 13.1 Å². The summed E-state index contributed by atoms with van der Waals surface area (Å²) in [7, 11) is 0. The first-order valence-electron chi connectivity index (χ1n) is 11.7. The summed E-state index contributed by atoms with van der Waals surface area (Å²) in [5.74, 6) is 0. The highest BCUT2D eigenvalue weighted by Gasteiger charge is 2.52. The summed E-state index contributed by atoms with van der Waals surface area (Å²) in [4.78, 5) is 40.6. The average molecular weight is 482 g/mol. The number of likely N-dealkylation sites (tertiary alicyclic amines) is 1. The smallest absolute Gasteiger partial charge is 0.429 e. The number of fused-ring (bicyclic) bond motifs is 2. The summed E-state index contributed by atoms with van der Waals surface area (Å²) in [5.41, 5.74) is 1.00. The predicted octanol–water partition coefficient (Wildman–Crippen LogP) is 4.57. The van der Waals surface area contributed by atoms with Crippen molar-refractivity contribution in [2.45, 2.75) is 58.1 Å². The van der Waals surface area contributed by atoms with Crippen molar-refractivity contribution < 1.29 is 28.6 Å². The predicted molar refractivity (Wildman–Crippen MR) is 127 cm³/mol. The quantitative estimate of drug-likeness (QED) is 0.595. The zero-order valence-corrected chi connectivity index (χ0v) is 20.3. The maximum Gasteiger partial charge on any atom is 0.429 e. The molecule has 9 heteroatoms. The number of carbonyl (C=O) groups excluding carboxylic acids is 3. The van der Waals surface area contributed by atoms with Crippen LogP contribution < -0.4 is 0 Å². The van der Waals surface area contributed by atoms with Crippen LogP contribution in [0.4, 0.5) is 14.4 Å². The number of hydrazine groups is 1. The minimum atomic E-state index is -0.663. The van der Waals surface area contributed by atoms with Crippen molar-refractivity contribution >= 4 is 18.3 Å². The van der Waals surface area contributed by atoms with Crippen LogP contribution in [0.25, 0.3) is 0 Å². The highest BCUT2D eigenvalue weighted by atomic mass is 16.6. The van der Waals surface area contributed by atoms with Gasteiger partial charge in [-0.3, -0.25) is 0 Å². The number of rotatable bonds is 4. The Balaban J connectivity index is 1.50. The van der Waals surface area contributed by atoms with Crippen LogP contribution in [0.2, 0.25) is 0 Å². The minimum Gasteiger partial charge on any atom is -0.444 e. The van der Waals surface area contributed by atoms with Crippen LogP contribution in [0.1, 0.15) is 38.3 Å². The molecular weight excluding hydrogens is 450 g/mol. The van der Waals surface area contributed by atoms with Crippen LogP contribution in [0, 0.1) is 0 Å². The first kappa shape index (κ1) is 24.4. The molecule has 2 heterocycles. The Hall–Kier alpha value is -3.75. The molecule has 2 aromatic carbocycles. The first-order valence-corrected chi connectivity index (χ1v) is 11.7. The lowest BCUT2D eigenvalue weighted by Gasteiger charge is -2.32. The van der Waals surface area contributed by atoms with Gasteiger partial charge in [0.1, 0.15) is 18.8 Å². The summed E-state index contributed by atoms with van der Waals surface area (Å²) >= 11 is 0. The van der Waals surface area contributed by atoms with E-state index in [9.17, 15) is 14.4 Å². The molecule has 2 aliphatic heterocycles. The number of carbonyl (C=O) groups is 3. The summed E-state index contributed by atoms with van der Waals surface area (Å²) in [6.07, 6.45) is -1.29. The second-order valence-corrected chi connectivity index (χ2v) is 9.70. The Kier molecular flexibility index (Phi) is 7.14. The highest BCUT2D eigenvalue weighted by molar-refractivity contribution is 5.76. The first-order chi connectivity index (χ1) is 16.7. The van der Waals surface area contributed by atoms with Gasteiger partial charge < -0.3 is 19.1 Å². The number of hydrogen-bond acceptors (Lipinski definition) is 6. The lowest BCUT2D eigenvalue weighted by molar-refractivity contribution is -0.0199.